The molecule has 114 valence electrons. The van der Waals surface area contributed by atoms with Crippen LogP contribution in [-0.2, 0) is 9.53 Å². The maximum atomic E-state index is 11.8. The lowest BCUT2D eigenvalue weighted by Crippen LogP contribution is -2.33. The largest absolute Gasteiger partial charge is 0.442 e. The van der Waals surface area contributed by atoms with Crippen molar-refractivity contribution in [3.05, 3.63) is 29.8 Å². The van der Waals surface area contributed by atoms with Gasteiger partial charge in [0.1, 0.15) is 6.10 Å². The van der Waals surface area contributed by atoms with Gasteiger partial charge in [0.05, 0.1) is 25.6 Å². The molecule has 7 heteroatoms. The molecule has 0 aliphatic carbocycles. The molecule has 1 aromatic carbocycles. The van der Waals surface area contributed by atoms with Gasteiger partial charge in [0.2, 0.25) is 5.91 Å². The fourth-order valence-corrected chi connectivity index (χ4v) is 2.10. The first-order valence-corrected chi connectivity index (χ1v) is 6.74. The summed E-state index contributed by atoms with van der Waals surface area (Å²) in [5.74, 6) is -0.448. The van der Waals surface area contributed by atoms with E-state index < -0.39 is 12.2 Å². The van der Waals surface area contributed by atoms with Gasteiger partial charge in [0.15, 0.2) is 5.78 Å². The average Bonchev–Trinajstić information content (AvgIpc) is 2.86. The molecule has 0 bridgehead atoms. The van der Waals surface area contributed by atoms with Crippen molar-refractivity contribution in [1.29, 1.82) is 5.26 Å². The van der Waals surface area contributed by atoms with Crippen molar-refractivity contribution in [3.63, 3.8) is 0 Å². The van der Waals surface area contributed by atoms with Gasteiger partial charge in [0.25, 0.3) is 0 Å². The van der Waals surface area contributed by atoms with E-state index in [4.69, 9.17) is 10.00 Å². The number of rotatable bonds is 5. The zero-order valence-corrected chi connectivity index (χ0v) is 12.0. The highest BCUT2D eigenvalue weighted by molar-refractivity contribution is 5.98. The molecule has 0 saturated carbocycles. The number of amides is 2. The molecule has 1 aliphatic heterocycles. The number of carbonyl (C=O) groups is 3. The number of hydrogen-bond acceptors (Lipinski definition) is 5. The van der Waals surface area contributed by atoms with Crippen molar-refractivity contribution in [3.8, 4) is 6.07 Å². The van der Waals surface area contributed by atoms with Gasteiger partial charge in [-0.2, -0.15) is 5.26 Å². The lowest BCUT2D eigenvalue weighted by Gasteiger charge is -2.13. The van der Waals surface area contributed by atoms with E-state index in [1.165, 1.54) is 11.8 Å². The highest BCUT2D eigenvalue weighted by Gasteiger charge is 2.32. The number of ketones is 1. The smallest absolute Gasteiger partial charge is 0.414 e. The molecule has 1 saturated heterocycles. The normalized spacial score (nSPS) is 16.8. The molecular weight excluding hydrogens is 286 g/mol. The van der Waals surface area contributed by atoms with Crippen molar-refractivity contribution in [2.45, 2.75) is 19.4 Å². The Morgan fingerprint density at radius 1 is 1.41 bits per heavy atom. The van der Waals surface area contributed by atoms with Crippen LogP contribution in [0.15, 0.2) is 24.3 Å². The van der Waals surface area contributed by atoms with Gasteiger partial charge in [-0.3, -0.25) is 14.5 Å². The van der Waals surface area contributed by atoms with E-state index in [1.807, 2.05) is 0 Å². The molecule has 1 atom stereocenters. The highest BCUT2D eigenvalue weighted by atomic mass is 16.6. The van der Waals surface area contributed by atoms with Crippen molar-refractivity contribution in [2.24, 2.45) is 0 Å². The summed E-state index contributed by atoms with van der Waals surface area (Å²) in [6, 6.07) is 8.21. The number of hydrogen-bond donors (Lipinski definition) is 1. The SMILES string of the molecule is CC(=O)NC[C@H]1CN(c2ccc(C(=O)CC#N)cc2)C(=O)O1. The van der Waals surface area contributed by atoms with E-state index in [9.17, 15) is 14.4 Å². The topological polar surface area (TPSA) is 99.5 Å². The monoisotopic (exact) mass is 301 g/mol. The number of Topliss-reactive ketones (excluding diaryl/α,β-unsaturated/α-hetero) is 1. The molecule has 0 unspecified atom stereocenters. The third-order valence-corrected chi connectivity index (χ3v) is 3.19. The highest BCUT2D eigenvalue weighted by Crippen LogP contribution is 2.22. The van der Waals surface area contributed by atoms with Crippen LogP contribution in [0.25, 0.3) is 0 Å². The van der Waals surface area contributed by atoms with Gasteiger partial charge >= 0.3 is 6.09 Å². The number of ether oxygens (including phenoxy) is 1. The number of carbonyl (C=O) groups excluding carboxylic acids is 3. The number of nitrogens with one attached hydrogen (secondary N) is 1. The van der Waals surface area contributed by atoms with Gasteiger partial charge in [-0.05, 0) is 24.3 Å². The van der Waals surface area contributed by atoms with E-state index in [0.29, 0.717) is 17.8 Å². The van der Waals surface area contributed by atoms with E-state index in [1.54, 1.807) is 30.3 Å². The van der Waals surface area contributed by atoms with Crippen LogP contribution in [-0.4, -0.2) is 37.0 Å². The van der Waals surface area contributed by atoms with Crippen LogP contribution in [0, 0.1) is 11.3 Å². The molecule has 2 rings (SSSR count). The molecule has 1 aliphatic rings. The van der Waals surface area contributed by atoms with Gasteiger partial charge in [-0.15, -0.1) is 0 Å². The third kappa shape index (κ3) is 3.61. The predicted molar refractivity (Wildman–Crippen MR) is 77.3 cm³/mol. The van der Waals surface area contributed by atoms with Crippen LogP contribution in [0.5, 0.6) is 0 Å². The Bertz CT molecular complexity index is 633. The summed E-state index contributed by atoms with van der Waals surface area (Å²) >= 11 is 0. The Morgan fingerprint density at radius 3 is 2.68 bits per heavy atom. The summed E-state index contributed by atoms with van der Waals surface area (Å²) in [5.41, 5.74) is 1.02. The zero-order chi connectivity index (χ0) is 16.1. The molecule has 7 nitrogen and oxygen atoms in total. The second-order valence-electron chi connectivity index (χ2n) is 4.86. The Kier molecular flexibility index (Phi) is 4.73. The summed E-state index contributed by atoms with van der Waals surface area (Å²) < 4.78 is 5.16. The van der Waals surface area contributed by atoms with Crippen LogP contribution in [0.4, 0.5) is 10.5 Å². The summed E-state index contributed by atoms with van der Waals surface area (Å²) in [5, 5.41) is 11.1. The summed E-state index contributed by atoms with van der Waals surface area (Å²) in [6.45, 7) is 1.98. The molecule has 0 radical (unpaired) electrons. The molecule has 1 N–H and O–H groups in total. The molecule has 0 spiro atoms. The number of nitriles is 1. The minimum absolute atomic E-state index is 0.177. The minimum atomic E-state index is -0.494. The summed E-state index contributed by atoms with van der Waals surface area (Å²) in [4.78, 5) is 35.7. The Balaban J connectivity index is 2.03. The second-order valence-corrected chi connectivity index (χ2v) is 4.86. The number of anilines is 1. The van der Waals surface area contributed by atoms with Crippen molar-refractivity contribution >= 4 is 23.5 Å². The third-order valence-electron chi connectivity index (χ3n) is 3.19. The average molecular weight is 301 g/mol. The fourth-order valence-electron chi connectivity index (χ4n) is 2.10. The Labute approximate surface area is 127 Å². The number of nitrogens with zero attached hydrogens (tertiary/aromatic N) is 2. The molecule has 1 heterocycles. The van der Waals surface area contributed by atoms with E-state index in [-0.39, 0.29) is 24.7 Å². The summed E-state index contributed by atoms with van der Waals surface area (Å²) in [6.07, 6.45) is -1.08. The molecule has 1 fully saturated rings. The Morgan fingerprint density at radius 2 is 2.09 bits per heavy atom. The van der Waals surface area contributed by atoms with Crippen LogP contribution in [0.1, 0.15) is 23.7 Å². The van der Waals surface area contributed by atoms with Gasteiger partial charge in [-0.25, -0.2) is 4.79 Å². The van der Waals surface area contributed by atoms with Crippen molar-refractivity contribution in [1.82, 2.24) is 5.32 Å². The quantitative estimate of drug-likeness (QED) is 0.825. The lowest BCUT2D eigenvalue weighted by molar-refractivity contribution is -0.119. The van der Waals surface area contributed by atoms with Gasteiger partial charge in [0, 0.05) is 18.2 Å². The van der Waals surface area contributed by atoms with Crippen LogP contribution in [0.2, 0.25) is 0 Å². The number of cyclic esters (lactones) is 1. The van der Waals surface area contributed by atoms with Gasteiger partial charge < -0.3 is 10.1 Å². The van der Waals surface area contributed by atoms with E-state index >= 15 is 0 Å². The summed E-state index contributed by atoms with van der Waals surface area (Å²) in [7, 11) is 0. The first kappa shape index (κ1) is 15.5. The zero-order valence-electron chi connectivity index (χ0n) is 12.0. The molecule has 22 heavy (non-hydrogen) atoms. The lowest BCUT2D eigenvalue weighted by atomic mass is 10.1. The van der Waals surface area contributed by atoms with Crippen LogP contribution in [0.3, 0.4) is 0 Å². The maximum Gasteiger partial charge on any atom is 0.414 e. The first-order valence-electron chi connectivity index (χ1n) is 6.74. The fraction of sp³-hybridized carbons (Fsp3) is 0.333. The van der Waals surface area contributed by atoms with E-state index in [0.717, 1.165) is 0 Å². The minimum Gasteiger partial charge on any atom is -0.442 e. The van der Waals surface area contributed by atoms with Crippen LogP contribution >= 0.6 is 0 Å². The predicted octanol–water partition coefficient (Wildman–Crippen LogP) is 1.24. The van der Waals surface area contributed by atoms with E-state index in [2.05, 4.69) is 5.32 Å². The second kappa shape index (κ2) is 6.72. The Hall–Kier alpha value is -2.88. The first-order chi connectivity index (χ1) is 10.5. The van der Waals surface area contributed by atoms with Gasteiger partial charge in [-0.1, -0.05) is 0 Å². The molecular formula is C15H15N3O4. The molecule has 0 aromatic heterocycles. The standard InChI is InChI=1S/C15H15N3O4/c1-10(19)17-8-13-9-18(15(21)22-13)12-4-2-11(3-5-12)14(20)6-7-16/h2-5,13H,6,8-9H2,1H3,(H,17,19)/t13-/m0/s1. The van der Waals surface area contributed by atoms with Crippen molar-refractivity contribution in [2.75, 3.05) is 18.0 Å². The van der Waals surface area contributed by atoms with Crippen LogP contribution < -0.4 is 10.2 Å². The van der Waals surface area contributed by atoms with Crippen molar-refractivity contribution < 1.29 is 19.1 Å². The molecule has 2 amide bonds. The number of benzene rings is 1. The molecule has 1 aromatic rings. The maximum absolute atomic E-state index is 11.8.